The van der Waals surface area contributed by atoms with E-state index in [4.69, 9.17) is 20.4 Å². The summed E-state index contributed by atoms with van der Waals surface area (Å²) < 4.78 is 0. The van der Waals surface area contributed by atoms with E-state index in [1.54, 1.807) is 0 Å². The molecule has 1 aromatic rings. The van der Waals surface area contributed by atoms with Crippen LogP contribution in [0.1, 0.15) is 19.4 Å². The molecular formula is C13H21N3O2. The van der Waals surface area contributed by atoms with E-state index in [9.17, 15) is 0 Å². The van der Waals surface area contributed by atoms with Crippen molar-refractivity contribution in [1.29, 1.82) is 10.8 Å². The summed E-state index contributed by atoms with van der Waals surface area (Å²) in [4.78, 5) is 16.7. The fourth-order valence-corrected chi connectivity index (χ4v) is 0.784. The first-order valence-electron chi connectivity index (χ1n) is 5.44. The minimum Gasteiger partial charge on any atom is -0.317 e. The zero-order valence-corrected chi connectivity index (χ0v) is 11.1. The Labute approximate surface area is 108 Å². The molecule has 0 amide bonds. The Morgan fingerprint density at radius 3 is 1.44 bits per heavy atom. The number of nitrogens with one attached hydrogen (secondary N) is 3. The maximum atomic E-state index is 8.35. The number of hydrogen-bond donors (Lipinski definition) is 3. The highest BCUT2D eigenvalue weighted by atomic mass is 16.1. The summed E-state index contributed by atoms with van der Waals surface area (Å²) in [7, 11) is 0. The fraction of sp³-hybridized carbons (Fsp3) is 0.385. The van der Waals surface area contributed by atoms with E-state index in [0.717, 1.165) is 25.2 Å². The lowest BCUT2D eigenvalue weighted by molar-refractivity contribution is 0.562. The van der Waals surface area contributed by atoms with Crippen LogP contribution in [0.5, 0.6) is 0 Å². The van der Waals surface area contributed by atoms with Gasteiger partial charge in [0.05, 0.1) is 0 Å². The largest absolute Gasteiger partial charge is 0.317 e. The Morgan fingerprint density at radius 2 is 1.33 bits per heavy atom. The number of benzene rings is 1. The van der Waals surface area contributed by atoms with Crippen LogP contribution < -0.4 is 5.32 Å². The lowest BCUT2D eigenvalue weighted by Gasteiger charge is -1.86. The number of isocyanates is 2. The lowest BCUT2D eigenvalue weighted by atomic mass is 10.2. The number of aryl methyl sites for hydroxylation is 1. The molecule has 0 aromatic heterocycles. The molecule has 0 bridgehead atoms. The van der Waals surface area contributed by atoms with Gasteiger partial charge in [-0.25, -0.2) is 20.4 Å². The lowest BCUT2D eigenvalue weighted by Crippen LogP contribution is -2.09. The average molecular weight is 251 g/mol. The third-order valence-corrected chi connectivity index (χ3v) is 1.44. The number of hydrogen-bond acceptors (Lipinski definition) is 5. The Balaban J connectivity index is -0.000000182. The Hall–Kier alpha value is -2.06. The summed E-state index contributed by atoms with van der Waals surface area (Å²) in [6.45, 7) is 8.47. The van der Waals surface area contributed by atoms with Crippen LogP contribution in [-0.2, 0) is 9.59 Å². The summed E-state index contributed by atoms with van der Waals surface area (Å²) in [6.07, 6.45) is 1.50. The first-order chi connectivity index (χ1) is 8.64. The smallest absolute Gasteiger partial charge is 0.231 e. The van der Waals surface area contributed by atoms with Crippen molar-refractivity contribution in [3.05, 3.63) is 35.9 Å². The van der Waals surface area contributed by atoms with Crippen molar-refractivity contribution in [3.8, 4) is 0 Å². The third kappa shape index (κ3) is 37.0. The van der Waals surface area contributed by atoms with Crippen molar-refractivity contribution >= 4 is 12.2 Å². The van der Waals surface area contributed by atoms with Crippen LogP contribution in [0.15, 0.2) is 30.3 Å². The fourth-order valence-electron chi connectivity index (χ4n) is 0.784. The van der Waals surface area contributed by atoms with Crippen molar-refractivity contribution < 1.29 is 9.59 Å². The molecule has 3 N–H and O–H groups in total. The van der Waals surface area contributed by atoms with Gasteiger partial charge < -0.3 is 5.32 Å². The van der Waals surface area contributed by atoms with Crippen LogP contribution in [0.4, 0.5) is 0 Å². The Kier molecular flexibility index (Phi) is 28.6. The predicted octanol–water partition coefficient (Wildman–Crippen LogP) is 2.41. The van der Waals surface area contributed by atoms with Crippen molar-refractivity contribution in [2.24, 2.45) is 0 Å². The van der Waals surface area contributed by atoms with Gasteiger partial charge in [0.2, 0.25) is 12.2 Å². The summed E-state index contributed by atoms with van der Waals surface area (Å²) in [5, 5.41) is 13.9. The highest BCUT2D eigenvalue weighted by molar-refractivity contribution is 5.26. The topological polar surface area (TPSA) is 93.9 Å². The highest BCUT2D eigenvalue weighted by Gasteiger charge is 1.72. The second-order valence-electron chi connectivity index (χ2n) is 2.82. The molecule has 0 aliphatic heterocycles. The van der Waals surface area contributed by atoms with E-state index in [1.807, 2.05) is 18.2 Å². The number of carbonyl (C=O) groups excluding carboxylic acids is 2. The molecule has 1 aromatic carbocycles. The van der Waals surface area contributed by atoms with E-state index < -0.39 is 0 Å². The molecule has 0 radical (unpaired) electrons. The van der Waals surface area contributed by atoms with Crippen molar-refractivity contribution in [1.82, 2.24) is 5.32 Å². The SMILES string of the molecule is CCNCC.Cc1ccccc1.N=C=O.N=C=O. The zero-order chi connectivity index (χ0) is 14.6. The van der Waals surface area contributed by atoms with Crippen molar-refractivity contribution in [3.63, 3.8) is 0 Å². The standard InChI is InChI=1S/C7H8.C4H11N.2CHNO/c1-7-5-3-2-4-6-7;1-3-5-4-2;2*2-1-3/h2-6H,1H3;5H,3-4H2,1-2H3;2*2H. The molecule has 0 spiro atoms. The zero-order valence-electron chi connectivity index (χ0n) is 11.1. The minimum absolute atomic E-state index is 0.750. The van der Waals surface area contributed by atoms with Crippen LogP contribution in [-0.4, -0.2) is 25.2 Å². The maximum Gasteiger partial charge on any atom is 0.231 e. The molecule has 5 nitrogen and oxygen atoms in total. The van der Waals surface area contributed by atoms with Crippen LogP contribution in [0.25, 0.3) is 0 Å². The molecule has 5 heteroatoms. The normalized spacial score (nSPS) is 6.61. The first-order valence-corrected chi connectivity index (χ1v) is 5.44. The predicted molar refractivity (Wildman–Crippen MR) is 72.2 cm³/mol. The van der Waals surface area contributed by atoms with Gasteiger partial charge >= 0.3 is 0 Å². The van der Waals surface area contributed by atoms with Gasteiger partial charge in [-0.05, 0) is 20.0 Å². The molecule has 18 heavy (non-hydrogen) atoms. The summed E-state index contributed by atoms with van der Waals surface area (Å²) in [5.74, 6) is 0. The van der Waals surface area contributed by atoms with Crippen molar-refractivity contribution in [2.45, 2.75) is 20.8 Å². The molecule has 100 valence electrons. The Bertz CT molecular complexity index is 300. The minimum atomic E-state index is 0.750. The molecule has 0 atom stereocenters. The molecule has 0 heterocycles. The molecule has 1 rings (SSSR count). The summed E-state index contributed by atoms with van der Waals surface area (Å²) >= 11 is 0. The third-order valence-electron chi connectivity index (χ3n) is 1.44. The van der Waals surface area contributed by atoms with Gasteiger partial charge in [-0.2, -0.15) is 0 Å². The van der Waals surface area contributed by atoms with Gasteiger partial charge in [-0.1, -0.05) is 49.7 Å². The van der Waals surface area contributed by atoms with Gasteiger partial charge in [0.15, 0.2) is 0 Å². The molecule has 0 aliphatic rings. The van der Waals surface area contributed by atoms with Crippen molar-refractivity contribution in [2.75, 3.05) is 13.1 Å². The van der Waals surface area contributed by atoms with Gasteiger partial charge in [0.25, 0.3) is 0 Å². The monoisotopic (exact) mass is 251 g/mol. The Morgan fingerprint density at radius 1 is 1.00 bits per heavy atom. The summed E-state index contributed by atoms with van der Waals surface area (Å²) in [6, 6.07) is 10.3. The average Bonchev–Trinajstić information content (AvgIpc) is 2.34. The second kappa shape index (κ2) is 24.3. The van der Waals surface area contributed by atoms with Gasteiger partial charge in [-0.3, -0.25) is 0 Å². The van der Waals surface area contributed by atoms with Crippen LogP contribution in [0.2, 0.25) is 0 Å². The van der Waals surface area contributed by atoms with E-state index in [2.05, 4.69) is 38.2 Å². The van der Waals surface area contributed by atoms with Crippen LogP contribution in [0.3, 0.4) is 0 Å². The molecule has 0 saturated carbocycles. The highest BCUT2D eigenvalue weighted by Crippen LogP contribution is 1.92. The van der Waals surface area contributed by atoms with Gasteiger partial charge in [0, 0.05) is 0 Å². The molecule has 0 aliphatic carbocycles. The summed E-state index contributed by atoms with van der Waals surface area (Å²) in [5.41, 5.74) is 1.32. The van der Waals surface area contributed by atoms with Gasteiger partial charge in [0.1, 0.15) is 0 Å². The van der Waals surface area contributed by atoms with Crippen LogP contribution >= 0.6 is 0 Å². The molecule has 0 fully saturated rings. The van der Waals surface area contributed by atoms with E-state index in [1.165, 1.54) is 5.56 Å². The van der Waals surface area contributed by atoms with Crippen LogP contribution in [0, 0.1) is 17.7 Å². The molecular weight excluding hydrogens is 230 g/mol. The van der Waals surface area contributed by atoms with E-state index in [0.29, 0.717) is 0 Å². The maximum absolute atomic E-state index is 8.35. The van der Waals surface area contributed by atoms with E-state index >= 15 is 0 Å². The number of rotatable bonds is 2. The quantitative estimate of drug-likeness (QED) is 0.556. The first kappa shape index (κ1) is 21.2. The second-order valence-corrected chi connectivity index (χ2v) is 2.82. The van der Waals surface area contributed by atoms with E-state index in [-0.39, 0.29) is 0 Å². The van der Waals surface area contributed by atoms with Gasteiger partial charge in [-0.15, -0.1) is 0 Å². The molecule has 0 saturated heterocycles. The molecule has 0 unspecified atom stereocenters.